The Kier molecular flexibility index (Phi) is 8.91. The Morgan fingerprint density at radius 3 is 2.35 bits per heavy atom. The quantitative estimate of drug-likeness (QED) is 0.624. The molecule has 7 heteroatoms. The van der Waals surface area contributed by atoms with Gasteiger partial charge < -0.3 is 24.6 Å². The van der Waals surface area contributed by atoms with E-state index in [0.717, 1.165) is 0 Å². The fourth-order valence-electron chi connectivity index (χ4n) is 1.34. The topological polar surface area (TPSA) is 94.1 Å². The molecule has 118 valence electrons. The molecule has 0 aromatic rings. The molecule has 1 unspecified atom stereocenters. The lowest BCUT2D eigenvalue weighted by molar-refractivity contribution is -0.139. The van der Waals surface area contributed by atoms with Crippen LogP contribution in [0.4, 0.5) is 4.79 Å². The van der Waals surface area contributed by atoms with E-state index in [1.165, 1.54) is 0 Å². The highest BCUT2D eigenvalue weighted by Crippen LogP contribution is 2.07. The van der Waals surface area contributed by atoms with E-state index in [4.69, 9.17) is 19.3 Å². The summed E-state index contributed by atoms with van der Waals surface area (Å²) in [5.74, 6) is -1.09. The number of nitrogens with one attached hydrogen (secondary N) is 1. The zero-order valence-electron chi connectivity index (χ0n) is 12.6. The van der Waals surface area contributed by atoms with Gasteiger partial charge in [0.25, 0.3) is 0 Å². The van der Waals surface area contributed by atoms with Crippen molar-refractivity contribution in [3.8, 4) is 0 Å². The summed E-state index contributed by atoms with van der Waals surface area (Å²) >= 11 is 0. The summed E-state index contributed by atoms with van der Waals surface area (Å²) in [6.07, 6.45) is 0.0723. The Hall–Kier alpha value is -1.34. The lowest BCUT2D eigenvalue weighted by Crippen LogP contribution is -2.43. The van der Waals surface area contributed by atoms with Crippen molar-refractivity contribution in [2.24, 2.45) is 0 Å². The Morgan fingerprint density at radius 1 is 1.20 bits per heavy atom. The van der Waals surface area contributed by atoms with Crippen LogP contribution >= 0.6 is 0 Å². The largest absolute Gasteiger partial charge is 0.480 e. The number of ether oxygens (including phenoxy) is 3. The van der Waals surface area contributed by atoms with Gasteiger partial charge in [0.05, 0.1) is 13.2 Å². The lowest BCUT2D eigenvalue weighted by atomic mass is 10.1. The minimum atomic E-state index is -1.09. The van der Waals surface area contributed by atoms with E-state index < -0.39 is 23.7 Å². The van der Waals surface area contributed by atoms with Crippen molar-refractivity contribution in [1.82, 2.24) is 5.32 Å². The van der Waals surface area contributed by atoms with Gasteiger partial charge in [0.2, 0.25) is 0 Å². The summed E-state index contributed by atoms with van der Waals surface area (Å²) in [6, 6.07) is -0.976. The number of methoxy groups -OCH3 is 1. The zero-order chi connectivity index (χ0) is 15.6. The molecule has 7 nitrogen and oxygen atoms in total. The van der Waals surface area contributed by atoms with Gasteiger partial charge in [0, 0.05) is 13.7 Å². The lowest BCUT2D eigenvalue weighted by Gasteiger charge is -2.22. The molecular formula is C13H25NO6. The number of amides is 1. The van der Waals surface area contributed by atoms with Crippen molar-refractivity contribution < 1.29 is 28.9 Å². The van der Waals surface area contributed by atoms with E-state index in [9.17, 15) is 9.59 Å². The summed E-state index contributed by atoms with van der Waals surface area (Å²) in [4.78, 5) is 22.5. The minimum Gasteiger partial charge on any atom is -0.480 e. The summed E-state index contributed by atoms with van der Waals surface area (Å²) in [7, 11) is 1.58. The number of alkyl carbamates (subject to hydrolysis) is 1. The maximum absolute atomic E-state index is 11.5. The van der Waals surface area contributed by atoms with Crippen molar-refractivity contribution in [2.45, 2.75) is 45.3 Å². The van der Waals surface area contributed by atoms with Crippen LogP contribution in [0.1, 0.15) is 33.6 Å². The summed E-state index contributed by atoms with van der Waals surface area (Å²) in [5, 5.41) is 11.4. The van der Waals surface area contributed by atoms with Crippen molar-refractivity contribution in [2.75, 3.05) is 26.9 Å². The van der Waals surface area contributed by atoms with Crippen molar-refractivity contribution in [1.29, 1.82) is 0 Å². The average Bonchev–Trinajstić information content (AvgIpc) is 2.29. The van der Waals surface area contributed by atoms with Crippen LogP contribution in [0, 0.1) is 0 Å². The number of rotatable bonds is 9. The first-order chi connectivity index (χ1) is 9.26. The molecule has 0 saturated heterocycles. The molecular weight excluding hydrogens is 266 g/mol. The Bertz CT molecular complexity index is 300. The van der Waals surface area contributed by atoms with Crippen molar-refractivity contribution in [3.63, 3.8) is 0 Å². The Labute approximate surface area is 119 Å². The van der Waals surface area contributed by atoms with Crippen LogP contribution < -0.4 is 5.32 Å². The number of aliphatic carboxylic acids is 1. The molecule has 0 heterocycles. The fourth-order valence-corrected chi connectivity index (χ4v) is 1.34. The van der Waals surface area contributed by atoms with Gasteiger partial charge in [0.1, 0.15) is 11.6 Å². The minimum absolute atomic E-state index is 0.279. The number of carbonyl (C=O) groups excluding carboxylic acids is 1. The van der Waals surface area contributed by atoms with E-state index >= 15 is 0 Å². The Morgan fingerprint density at radius 2 is 1.85 bits per heavy atom. The van der Waals surface area contributed by atoms with E-state index in [1.807, 2.05) is 0 Å². The molecule has 0 aliphatic heterocycles. The molecule has 1 atom stereocenters. The molecule has 0 saturated carbocycles. The van der Waals surface area contributed by atoms with Crippen LogP contribution in [0.5, 0.6) is 0 Å². The smallest absolute Gasteiger partial charge is 0.408 e. The first kappa shape index (κ1) is 18.7. The maximum Gasteiger partial charge on any atom is 0.408 e. The van der Waals surface area contributed by atoms with E-state index in [1.54, 1.807) is 27.9 Å². The highest BCUT2D eigenvalue weighted by atomic mass is 16.6. The van der Waals surface area contributed by atoms with Crippen molar-refractivity contribution >= 4 is 12.1 Å². The van der Waals surface area contributed by atoms with Crippen LogP contribution in [0.15, 0.2) is 0 Å². The molecule has 0 aromatic heterocycles. The number of hydrogen-bond donors (Lipinski definition) is 2. The third-order valence-electron chi connectivity index (χ3n) is 2.20. The number of carboxylic acid groups (broad SMARTS) is 1. The second kappa shape index (κ2) is 9.55. The van der Waals surface area contributed by atoms with Crippen LogP contribution in [-0.2, 0) is 19.0 Å². The van der Waals surface area contributed by atoms with Crippen LogP contribution in [0.3, 0.4) is 0 Å². The first-order valence-electron chi connectivity index (χ1n) is 6.55. The monoisotopic (exact) mass is 291 g/mol. The molecule has 20 heavy (non-hydrogen) atoms. The molecule has 0 spiro atoms. The fraction of sp³-hybridized carbons (Fsp3) is 0.846. The van der Waals surface area contributed by atoms with Crippen LogP contribution in [0.2, 0.25) is 0 Å². The van der Waals surface area contributed by atoms with Gasteiger partial charge in [-0.05, 0) is 33.6 Å². The summed E-state index contributed by atoms with van der Waals surface area (Å²) in [5.41, 5.74) is -0.656. The standard InChI is InChI=1S/C13H25NO6/c1-13(2,3)20-12(17)14-10(11(15)16)6-5-7-19-9-8-18-4/h10H,5-9H2,1-4H3,(H,14,17)(H,15,16). The SMILES string of the molecule is COCCOCCCC(NC(=O)OC(C)(C)C)C(=O)O. The number of carbonyl (C=O) groups is 2. The van der Waals surface area contributed by atoms with Gasteiger partial charge in [-0.25, -0.2) is 9.59 Å². The third kappa shape index (κ3) is 10.6. The molecule has 0 bridgehead atoms. The normalized spacial score (nSPS) is 12.8. The Balaban J connectivity index is 3.99. The van der Waals surface area contributed by atoms with Gasteiger partial charge in [-0.2, -0.15) is 0 Å². The molecule has 0 aromatic carbocycles. The van der Waals surface area contributed by atoms with E-state index in [-0.39, 0.29) is 6.42 Å². The maximum atomic E-state index is 11.5. The van der Waals surface area contributed by atoms with Gasteiger partial charge in [-0.15, -0.1) is 0 Å². The van der Waals surface area contributed by atoms with Crippen molar-refractivity contribution in [3.05, 3.63) is 0 Å². The van der Waals surface area contributed by atoms with E-state index in [0.29, 0.717) is 26.2 Å². The molecule has 1 amide bonds. The molecule has 0 aliphatic carbocycles. The highest BCUT2D eigenvalue weighted by molar-refractivity contribution is 5.79. The zero-order valence-corrected chi connectivity index (χ0v) is 12.6. The second-order valence-electron chi connectivity index (χ2n) is 5.28. The van der Waals surface area contributed by atoms with Gasteiger partial charge in [0.15, 0.2) is 0 Å². The predicted molar refractivity (Wildman–Crippen MR) is 72.7 cm³/mol. The van der Waals surface area contributed by atoms with Gasteiger partial charge >= 0.3 is 12.1 Å². The predicted octanol–water partition coefficient (Wildman–Crippen LogP) is 1.41. The van der Waals surface area contributed by atoms with Crippen LogP contribution in [-0.4, -0.2) is 55.7 Å². The number of hydrogen-bond acceptors (Lipinski definition) is 5. The molecule has 0 rings (SSSR count). The highest BCUT2D eigenvalue weighted by Gasteiger charge is 2.23. The van der Waals surface area contributed by atoms with Gasteiger partial charge in [-0.3, -0.25) is 0 Å². The summed E-state index contributed by atoms with van der Waals surface area (Å²) in [6.45, 7) is 6.53. The van der Waals surface area contributed by atoms with Gasteiger partial charge in [-0.1, -0.05) is 0 Å². The van der Waals surface area contributed by atoms with Crippen LogP contribution in [0.25, 0.3) is 0 Å². The molecule has 0 radical (unpaired) electrons. The third-order valence-corrected chi connectivity index (χ3v) is 2.20. The van der Waals surface area contributed by atoms with E-state index in [2.05, 4.69) is 5.32 Å². The molecule has 0 aliphatic rings. The number of carboxylic acids is 1. The molecule has 2 N–H and O–H groups in total. The second-order valence-corrected chi connectivity index (χ2v) is 5.28. The molecule has 0 fully saturated rings. The average molecular weight is 291 g/mol. The summed E-state index contributed by atoms with van der Waals surface area (Å²) < 4.78 is 15.1. The first-order valence-corrected chi connectivity index (χ1v) is 6.55.